The average molecular weight is 478 g/mol. The fraction of sp³-hybridized carbons (Fsp3) is 0.667. The van der Waals surface area contributed by atoms with Gasteiger partial charge in [-0.15, -0.1) is 0 Å². The van der Waals surface area contributed by atoms with Gasteiger partial charge in [-0.05, 0) is 69.5 Å². The Hall–Kier alpha value is -1.68. The van der Waals surface area contributed by atoms with Crippen molar-refractivity contribution in [3.05, 3.63) is 28.2 Å². The molecule has 1 saturated carbocycles. The Balaban J connectivity index is 1.21. The van der Waals surface area contributed by atoms with E-state index in [0.717, 1.165) is 83.4 Å². The third kappa shape index (κ3) is 5.62. The molecule has 1 aromatic rings. The molecule has 1 atom stereocenters. The molecule has 3 fully saturated rings. The molecule has 1 N–H and O–H groups in total. The number of carbonyl (C=O) groups excluding carboxylic acids is 1. The lowest BCUT2D eigenvalue weighted by Crippen LogP contribution is -2.53. The third-order valence-electron chi connectivity index (χ3n) is 7.30. The highest BCUT2D eigenvalue weighted by Gasteiger charge is 2.30. The van der Waals surface area contributed by atoms with Gasteiger partial charge in [0.2, 0.25) is 0 Å². The Kier molecular flexibility index (Phi) is 8.04. The van der Waals surface area contributed by atoms with Crippen molar-refractivity contribution in [1.82, 2.24) is 15.1 Å². The van der Waals surface area contributed by atoms with Gasteiger partial charge in [0.25, 0.3) is 0 Å². The van der Waals surface area contributed by atoms with Crippen LogP contribution in [-0.2, 0) is 0 Å². The molecular formula is C24H33Cl2N5O. The van der Waals surface area contributed by atoms with Gasteiger partial charge in [-0.1, -0.05) is 29.3 Å². The topological polar surface area (TPSA) is 62.6 Å². The summed E-state index contributed by atoms with van der Waals surface area (Å²) in [5.74, 6) is 0.676. The number of rotatable bonds is 5. The number of hydrogen-bond donors (Lipinski definition) is 1. The summed E-state index contributed by atoms with van der Waals surface area (Å²) in [4.78, 5) is 18.8. The molecule has 3 aliphatic rings. The molecule has 8 heteroatoms. The maximum atomic E-state index is 12.3. The number of nitrogens with zero attached hydrogens (tertiary/aromatic N) is 4. The van der Waals surface area contributed by atoms with E-state index in [1.54, 1.807) is 6.07 Å². The lowest BCUT2D eigenvalue weighted by Gasteiger charge is -2.40. The molecule has 0 bridgehead atoms. The highest BCUT2D eigenvalue weighted by molar-refractivity contribution is 6.43. The highest BCUT2D eigenvalue weighted by Crippen LogP contribution is 2.34. The van der Waals surface area contributed by atoms with Gasteiger partial charge < -0.3 is 15.1 Å². The number of halogens is 2. The number of nitrogens with one attached hydrogen (secondary N) is 1. The van der Waals surface area contributed by atoms with Crippen LogP contribution in [0, 0.1) is 17.2 Å². The summed E-state index contributed by atoms with van der Waals surface area (Å²) in [7, 11) is 0. The van der Waals surface area contributed by atoms with E-state index in [4.69, 9.17) is 23.2 Å². The van der Waals surface area contributed by atoms with E-state index < -0.39 is 0 Å². The molecule has 0 radical (unpaired) electrons. The molecule has 1 aromatic carbocycles. The minimum absolute atomic E-state index is 0.125. The first-order chi connectivity index (χ1) is 15.5. The minimum atomic E-state index is -0.144. The predicted molar refractivity (Wildman–Crippen MR) is 129 cm³/mol. The monoisotopic (exact) mass is 477 g/mol. The molecule has 2 saturated heterocycles. The minimum Gasteiger partial charge on any atom is -0.366 e. The van der Waals surface area contributed by atoms with Crippen LogP contribution in [-0.4, -0.2) is 67.2 Å². The smallest absolute Gasteiger partial charge is 0.317 e. The number of hydrogen-bond acceptors (Lipinski definition) is 4. The normalized spacial score (nSPS) is 26.7. The van der Waals surface area contributed by atoms with Crippen LogP contribution in [0.5, 0.6) is 0 Å². The van der Waals surface area contributed by atoms with E-state index in [0.29, 0.717) is 28.5 Å². The van der Waals surface area contributed by atoms with Crippen LogP contribution in [0.2, 0.25) is 10.0 Å². The van der Waals surface area contributed by atoms with Crippen LogP contribution in [0.1, 0.15) is 44.9 Å². The Morgan fingerprint density at radius 1 is 1.09 bits per heavy atom. The predicted octanol–water partition coefficient (Wildman–Crippen LogP) is 4.76. The Bertz CT molecular complexity index is 830. The summed E-state index contributed by atoms with van der Waals surface area (Å²) in [5, 5.41) is 14.1. The third-order valence-corrected chi connectivity index (χ3v) is 8.11. The van der Waals surface area contributed by atoms with Crippen LogP contribution in [0.15, 0.2) is 18.2 Å². The number of nitriles is 1. The summed E-state index contributed by atoms with van der Waals surface area (Å²) in [5.41, 5.74) is 0.911. The summed E-state index contributed by atoms with van der Waals surface area (Å²) < 4.78 is 0. The van der Waals surface area contributed by atoms with Gasteiger partial charge in [0.15, 0.2) is 0 Å². The van der Waals surface area contributed by atoms with Crippen LogP contribution in [0.3, 0.4) is 0 Å². The van der Waals surface area contributed by atoms with Crippen molar-refractivity contribution in [2.75, 3.05) is 44.2 Å². The van der Waals surface area contributed by atoms with Crippen molar-refractivity contribution < 1.29 is 4.79 Å². The first kappa shape index (κ1) is 23.5. The molecule has 2 aliphatic heterocycles. The van der Waals surface area contributed by atoms with E-state index in [1.807, 2.05) is 17.0 Å². The maximum Gasteiger partial charge on any atom is 0.317 e. The first-order valence-corrected chi connectivity index (χ1v) is 12.7. The summed E-state index contributed by atoms with van der Waals surface area (Å²) in [6.07, 6.45) is 7.80. The largest absolute Gasteiger partial charge is 0.366 e. The standard InChI is InChI=1S/C24H33Cl2N5O/c25-21-4-3-5-22(23(21)26)31-15-14-29(20(16-27)17-31)13-10-18-6-8-19(9-7-18)28-24(32)30-11-1-2-12-30/h3-5,18-20H,1-2,6-15,17H2,(H,28,32)/t18?,19?,20-/m1/s1. The van der Waals surface area contributed by atoms with Gasteiger partial charge >= 0.3 is 6.03 Å². The molecule has 32 heavy (non-hydrogen) atoms. The van der Waals surface area contributed by atoms with Gasteiger partial charge in [0.05, 0.1) is 21.8 Å². The molecular weight excluding hydrogens is 445 g/mol. The zero-order chi connectivity index (χ0) is 22.5. The van der Waals surface area contributed by atoms with Gasteiger partial charge in [-0.3, -0.25) is 4.90 Å². The zero-order valence-electron chi connectivity index (χ0n) is 18.6. The van der Waals surface area contributed by atoms with Crippen molar-refractivity contribution in [3.63, 3.8) is 0 Å². The van der Waals surface area contributed by atoms with E-state index in [-0.39, 0.29) is 12.1 Å². The molecule has 0 unspecified atom stereocenters. The van der Waals surface area contributed by atoms with Crippen molar-refractivity contribution in [2.24, 2.45) is 5.92 Å². The number of amides is 2. The Labute approximate surface area is 201 Å². The van der Waals surface area contributed by atoms with Crippen LogP contribution in [0.25, 0.3) is 0 Å². The fourth-order valence-corrected chi connectivity index (χ4v) is 5.71. The van der Waals surface area contributed by atoms with Gasteiger partial charge in [-0.2, -0.15) is 5.26 Å². The molecule has 6 nitrogen and oxygen atoms in total. The molecule has 174 valence electrons. The Morgan fingerprint density at radius 2 is 1.84 bits per heavy atom. The zero-order valence-corrected chi connectivity index (χ0v) is 20.1. The van der Waals surface area contributed by atoms with Crippen molar-refractivity contribution >= 4 is 34.9 Å². The van der Waals surface area contributed by atoms with Crippen LogP contribution >= 0.6 is 23.2 Å². The molecule has 0 aromatic heterocycles. The van der Waals surface area contributed by atoms with Gasteiger partial charge in [0, 0.05) is 38.8 Å². The number of likely N-dealkylation sites (tertiary alicyclic amines) is 1. The van der Waals surface area contributed by atoms with Crippen LogP contribution < -0.4 is 10.2 Å². The van der Waals surface area contributed by atoms with Gasteiger partial charge in [-0.25, -0.2) is 4.79 Å². The number of benzene rings is 1. The molecule has 0 spiro atoms. The van der Waals surface area contributed by atoms with E-state index in [2.05, 4.69) is 21.2 Å². The summed E-state index contributed by atoms with van der Waals surface area (Å²) >= 11 is 12.6. The Morgan fingerprint density at radius 3 is 2.56 bits per heavy atom. The second-order valence-electron chi connectivity index (χ2n) is 9.35. The van der Waals surface area contributed by atoms with Gasteiger partial charge in [0.1, 0.15) is 6.04 Å². The maximum absolute atomic E-state index is 12.3. The number of anilines is 1. The number of urea groups is 1. The van der Waals surface area contributed by atoms with Crippen molar-refractivity contribution in [1.29, 1.82) is 5.26 Å². The second kappa shape index (κ2) is 11.0. The lowest BCUT2D eigenvalue weighted by atomic mass is 9.84. The average Bonchev–Trinajstić information content (AvgIpc) is 3.36. The van der Waals surface area contributed by atoms with E-state index >= 15 is 0 Å². The molecule has 4 rings (SSSR count). The van der Waals surface area contributed by atoms with Crippen molar-refractivity contribution in [2.45, 2.75) is 57.0 Å². The molecule has 2 heterocycles. The SMILES string of the molecule is N#C[C@@H]1CN(c2cccc(Cl)c2Cl)CCN1CCC1CCC(NC(=O)N2CCCC2)CC1. The highest BCUT2D eigenvalue weighted by atomic mass is 35.5. The van der Waals surface area contributed by atoms with Crippen LogP contribution in [0.4, 0.5) is 10.5 Å². The quantitative estimate of drug-likeness (QED) is 0.663. The molecule has 1 aliphatic carbocycles. The molecule has 2 amide bonds. The first-order valence-electron chi connectivity index (χ1n) is 11.9. The lowest BCUT2D eigenvalue weighted by molar-refractivity contribution is 0.176. The second-order valence-corrected chi connectivity index (χ2v) is 10.1. The summed E-state index contributed by atoms with van der Waals surface area (Å²) in [6.45, 7) is 5.09. The van der Waals surface area contributed by atoms with E-state index in [1.165, 1.54) is 0 Å². The number of carbonyl (C=O) groups is 1. The van der Waals surface area contributed by atoms with E-state index in [9.17, 15) is 10.1 Å². The fourth-order valence-electron chi connectivity index (χ4n) is 5.30. The summed E-state index contributed by atoms with van der Waals surface area (Å²) in [6, 6.07) is 8.45. The number of piperazine rings is 1. The van der Waals surface area contributed by atoms with Crippen molar-refractivity contribution in [3.8, 4) is 6.07 Å².